The van der Waals surface area contributed by atoms with Gasteiger partial charge in [-0.1, -0.05) is 13.8 Å². The summed E-state index contributed by atoms with van der Waals surface area (Å²) in [6.45, 7) is 5.83. The fourth-order valence-corrected chi connectivity index (χ4v) is 2.84. The van der Waals surface area contributed by atoms with Crippen molar-refractivity contribution in [3.05, 3.63) is 0 Å². The van der Waals surface area contributed by atoms with Crippen LogP contribution in [-0.4, -0.2) is 57.7 Å². The van der Waals surface area contributed by atoms with Gasteiger partial charge in [0.15, 0.2) is 5.96 Å². The first-order valence-corrected chi connectivity index (χ1v) is 8.65. The van der Waals surface area contributed by atoms with Gasteiger partial charge in [-0.3, -0.25) is 4.99 Å². The Bertz CT molecular complexity index is 408. The van der Waals surface area contributed by atoms with Crippen molar-refractivity contribution in [3.63, 3.8) is 0 Å². The summed E-state index contributed by atoms with van der Waals surface area (Å²) in [7, 11) is -1.33. The van der Waals surface area contributed by atoms with E-state index in [0.29, 0.717) is 25.7 Å². The zero-order valence-electron chi connectivity index (χ0n) is 12.3. The molecule has 0 amide bonds. The van der Waals surface area contributed by atoms with Gasteiger partial charge >= 0.3 is 0 Å². The topological polar surface area (TPSA) is 73.8 Å². The SMILES string of the molecule is CCN(CCCNC(=NC)NC1CC1C)S(C)(=O)=O. The first kappa shape index (κ1) is 16.2. The lowest BCUT2D eigenvalue weighted by Crippen LogP contribution is -2.40. The van der Waals surface area contributed by atoms with E-state index in [9.17, 15) is 8.42 Å². The third kappa shape index (κ3) is 5.78. The maximum Gasteiger partial charge on any atom is 0.211 e. The lowest BCUT2D eigenvalue weighted by molar-refractivity contribution is 0.424. The molecule has 0 aliphatic heterocycles. The summed E-state index contributed by atoms with van der Waals surface area (Å²) in [5, 5.41) is 6.54. The van der Waals surface area contributed by atoms with Gasteiger partial charge in [0, 0.05) is 32.7 Å². The normalized spacial score (nSPS) is 23.5. The van der Waals surface area contributed by atoms with Crippen LogP contribution in [0, 0.1) is 5.92 Å². The fraction of sp³-hybridized carbons (Fsp3) is 0.917. The summed E-state index contributed by atoms with van der Waals surface area (Å²) in [5.74, 6) is 1.52. The Morgan fingerprint density at radius 1 is 1.47 bits per heavy atom. The highest BCUT2D eigenvalue weighted by Gasteiger charge is 2.33. The second kappa shape index (κ2) is 7.09. The first-order chi connectivity index (χ1) is 8.88. The van der Waals surface area contributed by atoms with E-state index >= 15 is 0 Å². The summed E-state index contributed by atoms with van der Waals surface area (Å²) in [6, 6.07) is 0.536. The molecule has 0 heterocycles. The first-order valence-electron chi connectivity index (χ1n) is 6.80. The van der Waals surface area contributed by atoms with Crippen LogP contribution in [0.4, 0.5) is 0 Å². The predicted molar refractivity (Wildman–Crippen MR) is 78.8 cm³/mol. The molecule has 1 fully saturated rings. The Morgan fingerprint density at radius 2 is 2.11 bits per heavy atom. The number of rotatable bonds is 7. The number of aliphatic imine (C=N–C) groups is 1. The van der Waals surface area contributed by atoms with Crippen LogP contribution >= 0.6 is 0 Å². The number of nitrogens with zero attached hydrogens (tertiary/aromatic N) is 2. The molecule has 0 aromatic carbocycles. The summed E-state index contributed by atoms with van der Waals surface area (Å²) in [5.41, 5.74) is 0. The highest BCUT2D eigenvalue weighted by Crippen LogP contribution is 2.28. The maximum atomic E-state index is 11.4. The van der Waals surface area contributed by atoms with E-state index in [2.05, 4.69) is 22.5 Å². The molecule has 0 aromatic heterocycles. The van der Waals surface area contributed by atoms with Gasteiger partial charge in [0.05, 0.1) is 6.26 Å². The molecule has 2 unspecified atom stereocenters. The van der Waals surface area contributed by atoms with Crippen LogP contribution in [-0.2, 0) is 10.0 Å². The molecule has 2 N–H and O–H groups in total. The Labute approximate surface area is 116 Å². The average Bonchev–Trinajstić information content (AvgIpc) is 3.01. The zero-order chi connectivity index (χ0) is 14.5. The van der Waals surface area contributed by atoms with Crippen LogP contribution in [0.3, 0.4) is 0 Å². The van der Waals surface area contributed by atoms with Gasteiger partial charge in [0.25, 0.3) is 0 Å². The molecule has 0 radical (unpaired) electrons. The van der Waals surface area contributed by atoms with Gasteiger partial charge in [-0.05, 0) is 18.8 Å². The van der Waals surface area contributed by atoms with E-state index in [-0.39, 0.29) is 0 Å². The zero-order valence-corrected chi connectivity index (χ0v) is 13.1. The average molecular weight is 290 g/mol. The summed E-state index contributed by atoms with van der Waals surface area (Å²) >= 11 is 0. The molecule has 2 atom stereocenters. The second-order valence-corrected chi connectivity index (χ2v) is 7.05. The highest BCUT2D eigenvalue weighted by molar-refractivity contribution is 7.88. The van der Waals surface area contributed by atoms with Crippen LogP contribution in [0.1, 0.15) is 26.7 Å². The van der Waals surface area contributed by atoms with Gasteiger partial charge in [-0.2, -0.15) is 0 Å². The highest BCUT2D eigenvalue weighted by atomic mass is 32.2. The Morgan fingerprint density at radius 3 is 2.53 bits per heavy atom. The second-order valence-electron chi connectivity index (χ2n) is 5.07. The van der Waals surface area contributed by atoms with Crippen LogP contribution in [0.25, 0.3) is 0 Å². The summed E-state index contributed by atoms with van der Waals surface area (Å²) in [6.07, 6.45) is 3.21. The maximum absolute atomic E-state index is 11.4. The lowest BCUT2D eigenvalue weighted by atomic mass is 10.4. The van der Waals surface area contributed by atoms with Gasteiger partial charge in [0.1, 0.15) is 0 Å². The van der Waals surface area contributed by atoms with Gasteiger partial charge in [-0.15, -0.1) is 0 Å². The molecule has 1 saturated carbocycles. The van der Waals surface area contributed by atoms with Crippen molar-refractivity contribution >= 4 is 16.0 Å². The molecular formula is C12H26N4O2S. The molecule has 1 rings (SSSR count). The number of nitrogens with one attached hydrogen (secondary N) is 2. The lowest BCUT2D eigenvalue weighted by Gasteiger charge is -2.18. The summed E-state index contributed by atoms with van der Waals surface area (Å²) < 4.78 is 24.3. The van der Waals surface area contributed by atoms with Crippen LogP contribution < -0.4 is 10.6 Å². The van der Waals surface area contributed by atoms with Crippen molar-refractivity contribution in [3.8, 4) is 0 Å². The number of hydrogen-bond donors (Lipinski definition) is 2. The van der Waals surface area contributed by atoms with Crippen molar-refractivity contribution in [2.75, 3.05) is 32.9 Å². The monoisotopic (exact) mass is 290 g/mol. The molecule has 19 heavy (non-hydrogen) atoms. The van der Waals surface area contributed by atoms with Crippen molar-refractivity contribution in [2.24, 2.45) is 10.9 Å². The van der Waals surface area contributed by atoms with Crippen LogP contribution in [0.5, 0.6) is 0 Å². The number of guanidine groups is 1. The van der Waals surface area contributed by atoms with Crippen molar-refractivity contribution in [1.29, 1.82) is 0 Å². The molecular weight excluding hydrogens is 264 g/mol. The fourth-order valence-electron chi connectivity index (χ4n) is 1.91. The molecule has 0 bridgehead atoms. The molecule has 1 aliphatic carbocycles. The van der Waals surface area contributed by atoms with E-state index in [1.807, 2.05) is 6.92 Å². The minimum absolute atomic E-state index is 0.519. The van der Waals surface area contributed by atoms with Crippen LogP contribution in [0.2, 0.25) is 0 Å². The quantitative estimate of drug-likeness (QED) is 0.400. The Hall–Kier alpha value is -0.820. The predicted octanol–water partition coefficient (Wildman–Crippen LogP) is 0.231. The van der Waals surface area contributed by atoms with Crippen molar-refractivity contribution < 1.29 is 8.42 Å². The third-order valence-corrected chi connectivity index (χ3v) is 4.73. The van der Waals surface area contributed by atoms with Gasteiger partial charge in [-0.25, -0.2) is 12.7 Å². The molecule has 1 aliphatic rings. The molecule has 0 aromatic rings. The van der Waals surface area contributed by atoms with Crippen molar-refractivity contribution in [1.82, 2.24) is 14.9 Å². The minimum atomic E-state index is -3.08. The Kier molecular flexibility index (Phi) is 6.06. The molecule has 0 saturated heterocycles. The van der Waals surface area contributed by atoms with E-state index in [0.717, 1.165) is 18.3 Å². The molecule has 0 spiro atoms. The summed E-state index contributed by atoms with van der Waals surface area (Å²) in [4.78, 5) is 4.15. The van der Waals surface area contributed by atoms with Gasteiger partial charge < -0.3 is 10.6 Å². The molecule has 6 nitrogen and oxygen atoms in total. The van der Waals surface area contributed by atoms with Crippen LogP contribution in [0.15, 0.2) is 4.99 Å². The van der Waals surface area contributed by atoms with Gasteiger partial charge in [0.2, 0.25) is 10.0 Å². The minimum Gasteiger partial charge on any atom is -0.356 e. The largest absolute Gasteiger partial charge is 0.356 e. The number of hydrogen-bond acceptors (Lipinski definition) is 3. The van der Waals surface area contributed by atoms with E-state index in [1.165, 1.54) is 17.0 Å². The molecule has 112 valence electrons. The van der Waals surface area contributed by atoms with E-state index in [4.69, 9.17) is 0 Å². The Balaban J connectivity index is 2.22. The van der Waals surface area contributed by atoms with E-state index < -0.39 is 10.0 Å². The standard InChI is InChI=1S/C12H26N4O2S/c1-5-16(19(4,17)18)8-6-7-14-12(13-3)15-11-9-10(11)2/h10-11H,5-9H2,1-4H3,(H2,13,14,15). The third-order valence-electron chi connectivity index (χ3n) is 3.35. The van der Waals surface area contributed by atoms with E-state index in [1.54, 1.807) is 7.05 Å². The smallest absolute Gasteiger partial charge is 0.211 e. The number of sulfonamides is 1. The van der Waals surface area contributed by atoms with Crippen molar-refractivity contribution in [2.45, 2.75) is 32.7 Å². The molecule has 7 heteroatoms.